The number of phenolic OH excluding ortho intramolecular Hbond substituents is 1. The van der Waals surface area contributed by atoms with Crippen LogP contribution >= 0.6 is 11.8 Å². The first kappa shape index (κ1) is 20.2. The van der Waals surface area contributed by atoms with Crippen LogP contribution in [0.2, 0.25) is 0 Å². The van der Waals surface area contributed by atoms with Crippen LogP contribution in [-0.2, 0) is 14.4 Å². The molecule has 2 heterocycles. The number of carboxylic acids is 1. The number of carbonyl (C=O) groups excluding carboxylic acids is 2. The van der Waals surface area contributed by atoms with Crippen molar-refractivity contribution in [1.82, 2.24) is 10.2 Å². The van der Waals surface area contributed by atoms with Gasteiger partial charge in [0.1, 0.15) is 28.9 Å². The van der Waals surface area contributed by atoms with Crippen LogP contribution in [0.4, 0.5) is 0 Å². The van der Waals surface area contributed by atoms with E-state index in [1.807, 2.05) is 13.8 Å². The van der Waals surface area contributed by atoms with E-state index in [1.54, 1.807) is 0 Å². The predicted octanol–water partition coefficient (Wildman–Crippen LogP) is 1.18. The fourth-order valence-electron chi connectivity index (χ4n) is 3.41. The van der Waals surface area contributed by atoms with E-state index < -0.39 is 35.2 Å². The number of benzene rings is 1. The van der Waals surface area contributed by atoms with E-state index in [0.717, 1.165) is 5.57 Å². The van der Waals surface area contributed by atoms with Crippen LogP contribution in [0.15, 0.2) is 35.5 Å². The van der Waals surface area contributed by atoms with Crippen molar-refractivity contribution in [2.75, 3.05) is 5.75 Å². The molecule has 2 aliphatic heterocycles. The highest BCUT2D eigenvalue weighted by Crippen LogP contribution is 2.41. The third-order valence-electron chi connectivity index (χ3n) is 4.74. The van der Waals surface area contributed by atoms with E-state index in [1.165, 1.54) is 40.9 Å². The molecule has 2 amide bonds. The second-order valence-corrected chi connectivity index (χ2v) is 8.43. The third-order valence-corrected chi connectivity index (χ3v) is 6.08. The van der Waals surface area contributed by atoms with Crippen molar-refractivity contribution in [1.29, 1.82) is 0 Å². The molecule has 2 aliphatic rings. The van der Waals surface area contributed by atoms with Crippen molar-refractivity contribution in [2.45, 2.75) is 37.7 Å². The van der Waals surface area contributed by atoms with Crippen LogP contribution in [0.25, 0.3) is 0 Å². The van der Waals surface area contributed by atoms with Crippen molar-refractivity contribution in [2.24, 2.45) is 11.7 Å². The number of β-lactam (4-membered cyclic amide) rings is 1. The molecule has 3 rings (SSSR count). The van der Waals surface area contributed by atoms with Crippen LogP contribution < -0.4 is 11.1 Å². The summed E-state index contributed by atoms with van der Waals surface area (Å²) in [4.78, 5) is 38.1. The van der Waals surface area contributed by atoms with Crippen molar-refractivity contribution >= 4 is 29.5 Å². The number of phenols is 1. The first-order chi connectivity index (χ1) is 13.2. The molecule has 150 valence electrons. The molecule has 0 radical (unpaired) electrons. The Morgan fingerprint density at radius 2 is 1.96 bits per heavy atom. The van der Waals surface area contributed by atoms with E-state index in [-0.39, 0.29) is 17.4 Å². The van der Waals surface area contributed by atoms with Gasteiger partial charge in [-0.15, -0.1) is 11.8 Å². The summed E-state index contributed by atoms with van der Waals surface area (Å²) < 4.78 is 0. The lowest BCUT2D eigenvalue weighted by Crippen LogP contribution is -2.71. The molecule has 1 saturated heterocycles. The molecule has 28 heavy (non-hydrogen) atoms. The Hall–Kier alpha value is -2.52. The van der Waals surface area contributed by atoms with Gasteiger partial charge in [-0.2, -0.15) is 0 Å². The number of fused-ring (bicyclic) bond motifs is 1. The van der Waals surface area contributed by atoms with Gasteiger partial charge in [-0.1, -0.05) is 26.0 Å². The van der Waals surface area contributed by atoms with E-state index >= 15 is 0 Å². The van der Waals surface area contributed by atoms with Gasteiger partial charge in [0.25, 0.3) is 5.91 Å². The van der Waals surface area contributed by atoms with E-state index in [0.29, 0.717) is 17.7 Å². The van der Waals surface area contributed by atoms with Crippen molar-refractivity contribution in [3.8, 4) is 5.75 Å². The van der Waals surface area contributed by atoms with Gasteiger partial charge in [0.2, 0.25) is 5.91 Å². The number of hydrogen-bond acceptors (Lipinski definition) is 6. The molecule has 1 aromatic rings. The van der Waals surface area contributed by atoms with E-state index in [9.17, 15) is 24.6 Å². The third kappa shape index (κ3) is 3.72. The molecule has 9 heteroatoms. The summed E-state index contributed by atoms with van der Waals surface area (Å²) >= 11 is 1.44. The number of amides is 2. The van der Waals surface area contributed by atoms with Gasteiger partial charge in [0, 0.05) is 5.75 Å². The Morgan fingerprint density at radius 1 is 1.32 bits per heavy atom. The first-order valence-electron chi connectivity index (χ1n) is 8.95. The zero-order valence-electron chi connectivity index (χ0n) is 15.6. The smallest absolute Gasteiger partial charge is 0.352 e. The molecule has 0 saturated carbocycles. The molecule has 0 bridgehead atoms. The number of rotatable bonds is 6. The predicted molar refractivity (Wildman–Crippen MR) is 104 cm³/mol. The van der Waals surface area contributed by atoms with Crippen LogP contribution in [0.3, 0.4) is 0 Å². The fourth-order valence-corrected chi connectivity index (χ4v) is 4.77. The molecule has 0 spiro atoms. The van der Waals surface area contributed by atoms with E-state index in [2.05, 4.69) is 5.32 Å². The molecule has 1 aromatic carbocycles. The lowest BCUT2D eigenvalue weighted by atomic mass is 9.97. The van der Waals surface area contributed by atoms with Gasteiger partial charge >= 0.3 is 5.97 Å². The monoisotopic (exact) mass is 405 g/mol. The zero-order chi connectivity index (χ0) is 20.6. The second-order valence-electron chi connectivity index (χ2n) is 7.32. The molecular formula is C19H23N3O5S. The highest BCUT2D eigenvalue weighted by Gasteiger charge is 2.54. The minimum atomic E-state index is -1.13. The van der Waals surface area contributed by atoms with Crippen molar-refractivity contribution in [3.05, 3.63) is 41.1 Å². The Labute approximate surface area is 166 Å². The summed E-state index contributed by atoms with van der Waals surface area (Å²) in [5, 5.41) is 21.1. The normalized spacial score (nSPS) is 22.6. The Kier molecular flexibility index (Phi) is 5.66. The van der Waals surface area contributed by atoms with Gasteiger partial charge in [0.15, 0.2) is 0 Å². The number of thioether (sulfide) groups is 1. The maximum Gasteiger partial charge on any atom is 0.352 e. The molecule has 0 aliphatic carbocycles. The zero-order valence-corrected chi connectivity index (χ0v) is 16.4. The Bertz CT molecular complexity index is 836. The first-order valence-corrected chi connectivity index (χ1v) is 10.0. The minimum Gasteiger partial charge on any atom is -0.508 e. The SMILES string of the molecule is CC(C)CC1=C(C(=O)O)N2C(=O)C(NC(=O)C(N)c3ccc(O)cc3)C2SC1. The molecule has 3 atom stereocenters. The van der Waals surface area contributed by atoms with Crippen LogP contribution in [0.1, 0.15) is 31.9 Å². The molecule has 8 nitrogen and oxygen atoms in total. The number of nitrogens with one attached hydrogen (secondary N) is 1. The fraction of sp³-hybridized carbons (Fsp3) is 0.421. The maximum absolute atomic E-state index is 12.6. The highest BCUT2D eigenvalue weighted by molar-refractivity contribution is 8.00. The second kappa shape index (κ2) is 7.84. The van der Waals surface area contributed by atoms with Crippen LogP contribution in [0, 0.1) is 5.92 Å². The number of nitrogens with two attached hydrogens (primary N) is 1. The molecule has 0 aromatic heterocycles. The average molecular weight is 405 g/mol. The number of aliphatic carboxylic acids is 1. The Morgan fingerprint density at radius 3 is 2.54 bits per heavy atom. The quantitative estimate of drug-likeness (QED) is 0.522. The summed E-state index contributed by atoms with van der Waals surface area (Å²) in [5.41, 5.74) is 7.23. The van der Waals surface area contributed by atoms with Gasteiger partial charge in [-0.05, 0) is 35.6 Å². The summed E-state index contributed by atoms with van der Waals surface area (Å²) in [6.45, 7) is 3.99. The average Bonchev–Trinajstić information content (AvgIpc) is 2.64. The number of carboxylic acid groups (broad SMARTS) is 1. The van der Waals surface area contributed by atoms with Gasteiger partial charge in [-0.25, -0.2) is 4.79 Å². The maximum atomic E-state index is 12.6. The van der Waals surface area contributed by atoms with Crippen molar-refractivity contribution < 1.29 is 24.6 Å². The van der Waals surface area contributed by atoms with Gasteiger partial charge in [0.05, 0.1) is 0 Å². The number of hydrogen-bond donors (Lipinski definition) is 4. The topological polar surface area (TPSA) is 133 Å². The summed E-state index contributed by atoms with van der Waals surface area (Å²) in [6, 6.07) is 4.12. The minimum absolute atomic E-state index is 0.0378. The van der Waals surface area contributed by atoms with Crippen LogP contribution in [0.5, 0.6) is 5.75 Å². The summed E-state index contributed by atoms with van der Waals surface area (Å²) in [5.74, 6) is -1.26. The number of nitrogens with zero attached hydrogens (tertiary/aromatic N) is 1. The number of aromatic hydroxyl groups is 1. The summed E-state index contributed by atoms with van der Waals surface area (Å²) in [7, 11) is 0. The Balaban J connectivity index is 1.73. The lowest BCUT2D eigenvalue weighted by molar-refractivity contribution is -0.150. The summed E-state index contributed by atoms with van der Waals surface area (Å²) in [6.07, 6.45) is 0.605. The molecule has 5 N–H and O–H groups in total. The standard InChI is InChI=1S/C19H23N3O5S/c1-9(2)7-11-8-28-18-14(17(25)22(18)15(11)19(26)27)21-16(24)13(20)10-3-5-12(23)6-4-10/h3-6,9,13-14,18,23H,7-8,20H2,1-2H3,(H,21,24)(H,26,27). The number of carbonyl (C=O) groups is 3. The molecule has 1 fully saturated rings. The van der Waals surface area contributed by atoms with Gasteiger partial charge in [-0.3, -0.25) is 14.5 Å². The molecule has 3 unspecified atom stereocenters. The van der Waals surface area contributed by atoms with Gasteiger partial charge < -0.3 is 21.3 Å². The van der Waals surface area contributed by atoms with Crippen molar-refractivity contribution in [3.63, 3.8) is 0 Å². The van der Waals surface area contributed by atoms with Crippen LogP contribution in [-0.4, -0.2) is 50.1 Å². The van der Waals surface area contributed by atoms with E-state index in [4.69, 9.17) is 5.73 Å². The highest BCUT2D eigenvalue weighted by atomic mass is 32.2. The molecular weight excluding hydrogens is 382 g/mol. The largest absolute Gasteiger partial charge is 0.508 e. The lowest BCUT2D eigenvalue weighted by Gasteiger charge is -2.49.